The van der Waals surface area contributed by atoms with Gasteiger partial charge in [0.15, 0.2) is 9.84 Å². The summed E-state index contributed by atoms with van der Waals surface area (Å²) >= 11 is 0. The maximum atomic E-state index is 12.7. The van der Waals surface area contributed by atoms with E-state index in [0.29, 0.717) is 11.3 Å². The molecule has 1 aromatic carbocycles. The summed E-state index contributed by atoms with van der Waals surface area (Å²) in [6.45, 7) is 3.78. The van der Waals surface area contributed by atoms with Gasteiger partial charge in [0.1, 0.15) is 0 Å². The average Bonchev–Trinajstić information content (AvgIpc) is 2.32. The van der Waals surface area contributed by atoms with Crippen LogP contribution in [-0.2, 0) is 9.84 Å². The van der Waals surface area contributed by atoms with Crippen molar-refractivity contribution in [2.45, 2.75) is 55.7 Å². The Morgan fingerprint density at radius 1 is 1.22 bits per heavy atom. The van der Waals surface area contributed by atoms with Crippen LogP contribution in [0, 0.1) is 13.8 Å². The average molecular weight is 267 g/mol. The van der Waals surface area contributed by atoms with Crippen molar-refractivity contribution in [2.24, 2.45) is 5.73 Å². The zero-order valence-corrected chi connectivity index (χ0v) is 11.8. The smallest absolute Gasteiger partial charge is 0.181 e. The molecule has 0 aliphatic heterocycles. The summed E-state index contributed by atoms with van der Waals surface area (Å²) < 4.78 is 25.3. The summed E-state index contributed by atoms with van der Waals surface area (Å²) in [4.78, 5) is 0.488. The van der Waals surface area contributed by atoms with Gasteiger partial charge in [0.2, 0.25) is 0 Å². The third-order valence-electron chi connectivity index (χ3n) is 3.76. The van der Waals surface area contributed by atoms with Gasteiger partial charge < -0.3 is 5.73 Å². The second-order valence-corrected chi connectivity index (χ2v) is 7.56. The molecule has 0 heterocycles. The van der Waals surface area contributed by atoms with Crippen LogP contribution in [0.15, 0.2) is 23.1 Å². The van der Waals surface area contributed by atoms with Gasteiger partial charge in [-0.15, -0.1) is 0 Å². The van der Waals surface area contributed by atoms with Crippen LogP contribution in [0.2, 0.25) is 0 Å². The minimum Gasteiger partial charge on any atom is -0.328 e. The van der Waals surface area contributed by atoms with Gasteiger partial charge in [-0.1, -0.05) is 18.6 Å². The fourth-order valence-corrected chi connectivity index (χ4v) is 4.86. The molecule has 2 rings (SSSR count). The van der Waals surface area contributed by atoms with Crippen molar-refractivity contribution in [1.82, 2.24) is 0 Å². The first kappa shape index (κ1) is 13.6. The van der Waals surface area contributed by atoms with E-state index in [9.17, 15) is 8.42 Å². The molecule has 1 aliphatic rings. The molecule has 0 saturated heterocycles. The highest BCUT2D eigenvalue weighted by Gasteiger charge is 2.32. The number of hydrogen-bond acceptors (Lipinski definition) is 3. The molecule has 2 N–H and O–H groups in total. The largest absolute Gasteiger partial charge is 0.328 e. The fraction of sp³-hybridized carbons (Fsp3) is 0.571. The molecule has 0 bridgehead atoms. The molecule has 3 nitrogen and oxygen atoms in total. The lowest BCUT2D eigenvalue weighted by atomic mass is 9.96. The molecule has 0 spiro atoms. The van der Waals surface area contributed by atoms with Gasteiger partial charge in [0.25, 0.3) is 0 Å². The van der Waals surface area contributed by atoms with Crippen molar-refractivity contribution >= 4 is 9.84 Å². The summed E-state index contributed by atoms with van der Waals surface area (Å²) in [5, 5.41) is -0.304. The molecule has 2 atom stereocenters. The van der Waals surface area contributed by atoms with Gasteiger partial charge >= 0.3 is 0 Å². The standard InChI is InChI=1S/C14H21NO2S/c1-10-6-7-11(2)14(8-10)18(16,17)13-5-3-4-12(15)9-13/h6-8,12-13H,3-5,9,15H2,1-2H3. The first-order valence-corrected chi connectivity index (χ1v) is 8.02. The zero-order chi connectivity index (χ0) is 13.3. The van der Waals surface area contributed by atoms with Crippen LogP contribution < -0.4 is 5.73 Å². The Bertz CT molecular complexity index is 537. The summed E-state index contributed by atoms with van der Waals surface area (Å²) in [6.07, 6.45) is 3.19. The number of benzene rings is 1. The van der Waals surface area contributed by atoms with Crippen LogP contribution in [0.1, 0.15) is 36.8 Å². The Hall–Kier alpha value is -0.870. The maximum absolute atomic E-state index is 12.7. The third-order valence-corrected chi connectivity index (χ3v) is 6.11. The summed E-state index contributed by atoms with van der Waals surface area (Å²) in [7, 11) is -3.23. The van der Waals surface area contributed by atoms with Gasteiger partial charge in [-0.05, 0) is 50.3 Å². The van der Waals surface area contributed by atoms with Gasteiger partial charge in [0, 0.05) is 6.04 Å². The molecule has 2 unspecified atom stereocenters. The molecule has 4 heteroatoms. The van der Waals surface area contributed by atoms with Crippen molar-refractivity contribution in [3.8, 4) is 0 Å². The van der Waals surface area contributed by atoms with Crippen LogP contribution in [0.3, 0.4) is 0 Å². The van der Waals surface area contributed by atoms with Gasteiger partial charge in [-0.2, -0.15) is 0 Å². The van der Waals surface area contributed by atoms with E-state index in [1.54, 1.807) is 6.07 Å². The Balaban J connectivity index is 2.38. The summed E-state index contributed by atoms with van der Waals surface area (Å²) in [5.74, 6) is 0. The molecule has 1 fully saturated rings. The van der Waals surface area contributed by atoms with E-state index in [2.05, 4.69) is 0 Å². The van der Waals surface area contributed by atoms with E-state index >= 15 is 0 Å². The SMILES string of the molecule is Cc1ccc(C)c(S(=O)(=O)C2CCCC(N)C2)c1. The number of hydrogen-bond donors (Lipinski definition) is 1. The second kappa shape index (κ2) is 5.02. The minimum atomic E-state index is -3.23. The predicted octanol–water partition coefficient (Wildman–Crippen LogP) is 2.35. The van der Waals surface area contributed by atoms with E-state index in [1.807, 2.05) is 26.0 Å². The van der Waals surface area contributed by atoms with Gasteiger partial charge in [-0.25, -0.2) is 8.42 Å². The van der Waals surface area contributed by atoms with Crippen molar-refractivity contribution in [1.29, 1.82) is 0 Å². The van der Waals surface area contributed by atoms with Gasteiger partial charge in [0.05, 0.1) is 10.1 Å². The maximum Gasteiger partial charge on any atom is 0.181 e. The number of sulfone groups is 1. The number of rotatable bonds is 2. The number of nitrogens with two attached hydrogens (primary N) is 1. The number of aryl methyl sites for hydroxylation is 2. The Morgan fingerprint density at radius 2 is 1.94 bits per heavy atom. The lowest BCUT2D eigenvalue weighted by Gasteiger charge is -2.27. The topological polar surface area (TPSA) is 60.2 Å². The first-order chi connectivity index (χ1) is 8.41. The quantitative estimate of drug-likeness (QED) is 0.894. The Labute approximate surface area is 109 Å². The highest BCUT2D eigenvalue weighted by atomic mass is 32.2. The first-order valence-electron chi connectivity index (χ1n) is 6.48. The monoisotopic (exact) mass is 267 g/mol. The lowest BCUT2D eigenvalue weighted by molar-refractivity contribution is 0.433. The molecular weight excluding hydrogens is 246 g/mol. The molecule has 1 saturated carbocycles. The molecule has 0 radical (unpaired) electrons. The summed E-state index contributed by atoms with van der Waals surface area (Å²) in [6, 6.07) is 5.64. The third kappa shape index (κ3) is 2.59. The van der Waals surface area contributed by atoms with Crippen molar-refractivity contribution in [3.63, 3.8) is 0 Å². The second-order valence-electron chi connectivity index (χ2n) is 5.36. The van der Waals surface area contributed by atoms with E-state index in [4.69, 9.17) is 5.73 Å². The van der Waals surface area contributed by atoms with Crippen LogP contribution >= 0.6 is 0 Å². The Kier molecular flexibility index (Phi) is 3.78. The lowest BCUT2D eigenvalue weighted by Crippen LogP contribution is -2.35. The molecular formula is C14H21NO2S. The fourth-order valence-electron chi connectivity index (χ4n) is 2.66. The predicted molar refractivity (Wildman–Crippen MR) is 73.3 cm³/mol. The van der Waals surface area contributed by atoms with E-state index in [0.717, 1.165) is 30.4 Å². The van der Waals surface area contributed by atoms with Crippen molar-refractivity contribution in [3.05, 3.63) is 29.3 Å². The van der Waals surface area contributed by atoms with Crippen molar-refractivity contribution < 1.29 is 8.42 Å². The molecule has 0 amide bonds. The molecule has 100 valence electrons. The molecule has 1 aromatic rings. The molecule has 1 aliphatic carbocycles. The summed E-state index contributed by atoms with van der Waals surface area (Å²) in [5.41, 5.74) is 7.72. The highest BCUT2D eigenvalue weighted by molar-refractivity contribution is 7.92. The normalized spacial score (nSPS) is 25.1. The Morgan fingerprint density at radius 3 is 2.61 bits per heavy atom. The molecule has 0 aromatic heterocycles. The highest BCUT2D eigenvalue weighted by Crippen LogP contribution is 2.30. The zero-order valence-electron chi connectivity index (χ0n) is 11.0. The van der Waals surface area contributed by atoms with Gasteiger partial charge in [-0.3, -0.25) is 0 Å². The van der Waals surface area contributed by atoms with Crippen LogP contribution in [0.4, 0.5) is 0 Å². The van der Waals surface area contributed by atoms with E-state index in [-0.39, 0.29) is 11.3 Å². The van der Waals surface area contributed by atoms with Crippen molar-refractivity contribution in [2.75, 3.05) is 0 Å². The molecule has 18 heavy (non-hydrogen) atoms. The van der Waals surface area contributed by atoms with Crippen LogP contribution in [0.25, 0.3) is 0 Å². The van der Waals surface area contributed by atoms with E-state index in [1.165, 1.54) is 0 Å². The van der Waals surface area contributed by atoms with Crippen LogP contribution in [-0.4, -0.2) is 19.7 Å². The van der Waals surface area contributed by atoms with Crippen LogP contribution in [0.5, 0.6) is 0 Å². The minimum absolute atomic E-state index is 0.0311. The van der Waals surface area contributed by atoms with E-state index < -0.39 is 9.84 Å².